The van der Waals surface area contributed by atoms with Crippen LogP contribution in [0.3, 0.4) is 0 Å². The van der Waals surface area contributed by atoms with Gasteiger partial charge in [0.1, 0.15) is 6.61 Å². The van der Waals surface area contributed by atoms with Crippen molar-refractivity contribution in [1.29, 1.82) is 0 Å². The monoisotopic (exact) mass is 531 g/mol. The van der Waals surface area contributed by atoms with Crippen molar-refractivity contribution in [2.24, 2.45) is 5.92 Å². The number of para-hydroxylation sites is 1. The first-order valence-corrected chi connectivity index (χ1v) is 13.6. The van der Waals surface area contributed by atoms with E-state index in [9.17, 15) is 9.59 Å². The molecule has 0 bridgehead atoms. The predicted molar refractivity (Wildman–Crippen MR) is 149 cm³/mol. The summed E-state index contributed by atoms with van der Waals surface area (Å²) in [5.41, 5.74) is 2.91. The van der Waals surface area contributed by atoms with Crippen LogP contribution in [-0.2, 0) is 9.53 Å². The van der Waals surface area contributed by atoms with Crippen molar-refractivity contribution in [2.45, 2.75) is 75.4 Å². The molecule has 6 nitrogen and oxygen atoms in total. The molecule has 2 aliphatic rings. The smallest absolute Gasteiger partial charge is 0.302 e. The molecule has 4 rings (SSSR count). The lowest BCUT2D eigenvalue weighted by Gasteiger charge is -2.44. The molecular weight excluding hydrogens is 494 g/mol. The molecule has 2 atom stereocenters. The Hall–Kier alpha value is -2.22. The van der Waals surface area contributed by atoms with Gasteiger partial charge in [-0.05, 0) is 61.9 Å². The number of amides is 1. The van der Waals surface area contributed by atoms with E-state index in [1.165, 1.54) is 11.8 Å². The normalized spacial score (nSPS) is 17.7. The molecule has 1 N–H and O–H groups in total. The number of hydrogen-bond donors (Lipinski definition) is 1. The van der Waals surface area contributed by atoms with E-state index >= 15 is 0 Å². The van der Waals surface area contributed by atoms with Gasteiger partial charge in [0.2, 0.25) is 0 Å². The van der Waals surface area contributed by atoms with Gasteiger partial charge in [-0.15, -0.1) is 12.4 Å². The molecule has 1 fully saturated rings. The van der Waals surface area contributed by atoms with Crippen LogP contribution in [0.25, 0.3) is 0 Å². The number of carbonyl (C=O) groups is 2. The van der Waals surface area contributed by atoms with Crippen molar-refractivity contribution in [3.63, 3.8) is 0 Å². The highest BCUT2D eigenvalue weighted by atomic mass is 35.5. The van der Waals surface area contributed by atoms with Crippen LogP contribution in [0.4, 0.5) is 11.4 Å². The zero-order valence-electron chi connectivity index (χ0n) is 21.7. The van der Waals surface area contributed by atoms with Gasteiger partial charge in [-0.25, -0.2) is 0 Å². The summed E-state index contributed by atoms with van der Waals surface area (Å²) in [4.78, 5) is 31.7. The minimum Gasteiger partial charge on any atom is -0.464 e. The van der Waals surface area contributed by atoms with Gasteiger partial charge in [-0.2, -0.15) is 0 Å². The van der Waals surface area contributed by atoms with Crippen LogP contribution < -0.4 is 10.2 Å². The topological polar surface area (TPSA) is 61.9 Å². The van der Waals surface area contributed by atoms with Crippen LogP contribution in [0.2, 0.25) is 0 Å². The van der Waals surface area contributed by atoms with Crippen molar-refractivity contribution < 1.29 is 14.3 Å². The number of nitrogens with one attached hydrogen (secondary N) is 1. The van der Waals surface area contributed by atoms with Gasteiger partial charge in [0.25, 0.3) is 5.91 Å². The lowest BCUT2D eigenvalue weighted by Crippen LogP contribution is -2.50. The SMILES string of the molecule is CCC(N1c2ccccc2Sc2ccc(C(=O)NCCC(C)C)cc21)N1CCC[C@@H]1COC(C)=O.Cl. The number of ether oxygens (including phenoxy) is 1. The van der Waals surface area contributed by atoms with Crippen LogP contribution in [0.15, 0.2) is 52.3 Å². The Bertz CT molecular complexity index is 1060. The number of likely N-dealkylation sites (tertiary alicyclic amines) is 1. The molecule has 196 valence electrons. The van der Waals surface area contributed by atoms with Gasteiger partial charge in [-0.1, -0.05) is 44.7 Å². The van der Waals surface area contributed by atoms with Crippen molar-refractivity contribution >= 4 is 47.4 Å². The quantitative estimate of drug-likeness (QED) is 0.386. The van der Waals surface area contributed by atoms with Crippen molar-refractivity contribution in [3.05, 3.63) is 48.0 Å². The molecule has 1 saturated heterocycles. The van der Waals surface area contributed by atoms with Gasteiger partial charge in [0.05, 0.1) is 17.5 Å². The number of nitrogens with zero attached hydrogens (tertiary/aromatic N) is 2. The number of carbonyl (C=O) groups excluding carboxylic acids is 2. The van der Waals surface area contributed by atoms with Gasteiger partial charge >= 0.3 is 5.97 Å². The fraction of sp³-hybridized carbons (Fsp3) is 0.500. The summed E-state index contributed by atoms with van der Waals surface area (Å²) in [7, 11) is 0. The summed E-state index contributed by atoms with van der Waals surface area (Å²) in [5.74, 6) is 0.287. The summed E-state index contributed by atoms with van der Waals surface area (Å²) in [6.07, 6.45) is 4.05. The number of anilines is 2. The van der Waals surface area contributed by atoms with E-state index in [0.717, 1.165) is 48.5 Å². The highest BCUT2D eigenvalue weighted by Gasteiger charge is 2.37. The van der Waals surface area contributed by atoms with E-state index in [2.05, 4.69) is 66.2 Å². The van der Waals surface area contributed by atoms with E-state index in [0.29, 0.717) is 24.6 Å². The number of hydrogen-bond acceptors (Lipinski definition) is 6. The second kappa shape index (κ2) is 12.8. The van der Waals surface area contributed by atoms with Crippen molar-refractivity contribution in [2.75, 3.05) is 24.6 Å². The fourth-order valence-electron chi connectivity index (χ4n) is 5.03. The number of fused-ring (bicyclic) bond motifs is 2. The van der Waals surface area contributed by atoms with E-state index in [-0.39, 0.29) is 36.5 Å². The fourth-order valence-corrected chi connectivity index (χ4v) is 6.08. The molecule has 2 heterocycles. The average Bonchev–Trinajstić information content (AvgIpc) is 3.30. The minimum absolute atomic E-state index is 0. The Morgan fingerprint density at radius 3 is 2.61 bits per heavy atom. The maximum Gasteiger partial charge on any atom is 0.302 e. The third kappa shape index (κ3) is 6.36. The molecule has 0 aliphatic carbocycles. The molecular formula is C28H38ClN3O3S. The highest BCUT2D eigenvalue weighted by molar-refractivity contribution is 7.99. The van der Waals surface area contributed by atoms with Crippen LogP contribution >= 0.6 is 24.2 Å². The van der Waals surface area contributed by atoms with E-state index in [4.69, 9.17) is 4.74 Å². The molecule has 2 aromatic rings. The van der Waals surface area contributed by atoms with Crippen LogP contribution in [0, 0.1) is 5.92 Å². The third-order valence-corrected chi connectivity index (χ3v) is 7.91. The Balaban J connectivity index is 0.00000361. The van der Waals surface area contributed by atoms with Crippen molar-refractivity contribution in [1.82, 2.24) is 10.2 Å². The first kappa shape index (κ1) is 28.4. The standard InChI is InChI=1S/C28H37N3O3S.ClH/c1-5-27(30-16-8-9-22(30)18-34-20(4)32)31-23-10-6-7-11-25(23)35-26-13-12-21(17-24(26)31)28(33)29-15-14-19(2)3;/h6-7,10-13,17,19,22,27H,5,8-9,14-16,18H2,1-4H3,(H,29,33);1H/t22-,27?;/m1./s1. The lowest BCUT2D eigenvalue weighted by molar-refractivity contribution is -0.142. The van der Waals surface area contributed by atoms with E-state index < -0.39 is 0 Å². The lowest BCUT2D eigenvalue weighted by atomic mass is 10.1. The molecule has 0 spiro atoms. The maximum atomic E-state index is 13.0. The summed E-state index contributed by atoms with van der Waals surface area (Å²) >= 11 is 1.75. The van der Waals surface area contributed by atoms with Gasteiger partial charge in [-0.3, -0.25) is 14.5 Å². The number of esters is 1. The summed E-state index contributed by atoms with van der Waals surface area (Å²) < 4.78 is 5.43. The second-order valence-electron chi connectivity index (χ2n) is 9.79. The zero-order chi connectivity index (χ0) is 24.9. The van der Waals surface area contributed by atoms with E-state index in [1.54, 1.807) is 11.8 Å². The molecule has 2 aliphatic heterocycles. The number of halogens is 1. The van der Waals surface area contributed by atoms with Gasteiger partial charge in [0, 0.05) is 41.4 Å². The van der Waals surface area contributed by atoms with Gasteiger partial charge < -0.3 is 15.0 Å². The Morgan fingerprint density at radius 2 is 1.89 bits per heavy atom. The first-order valence-electron chi connectivity index (χ1n) is 12.8. The van der Waals surface area contributed by atoms with Crippen LogP contribution in [-0.4, -0.2) is 48.7 Å². The molecule has 2 aromatic carbocycles. The van der Waals surface area contributed by atoms with Crippen molar-refractivity contribution in [3.8, 4) is 0 Å². The summed E-state index contributed by atoms with van der Waals surface area (Å²) in [6.45, 7) is 10.1. The number of rotatable bonds is 9. The van der Waals surface area contributed by atoms with Crippen LogP contribution in [0.5, 0.6) is 0 Å². The average molecular weight is 532 g/mol. The minimum atomic E-state index is -0.233. The zero-order valence-corrected chi connectivity index (χ0v) is 23.3. The second-order valence-corrected chi connectivity index (χ2v) is 10.9. The highest BCUT2D eigenvalue weighted by Crippen LogP contribution is 2.50. The molecule has 0 aromatic heterocycles. The Kier molecular flexibility index (Phi) is 10.1. The molecule has 36 heavy (non-hydrogen) atoms. The maximum absolute atomic E-state index is 13.0. The molecule has 1 amide bonds. The number of benzene rings is 2. The van der Waals surface area contributed by atoms with E-state index in [1.807, 2.05) is 12.1 Å². The Morgan fingerprint density at radius 1 is 1.14 bits per heavy atom. The third-order valence-electron chi connectivity index (χ3n) is 6.78. The molecule has 1 unspecified atom stereocenters. The predicted octanol–water partition coefficient (Wildman–Crippen LogP) is 6.25. The first-order chi connectivity index (χ1) is 16.9. The summed E-state index contributed by atoms with van der Waals surface area (Å²) in [6, 6.07) is 14.7. The molecule has 8 heteroatoms. The largest absolute Gasteiger partial charge is 0.464 e. The summed E-state index contributed by atoms with van der Waals surface area (Å²) in [5, 5.41) is 3.08. The van der Waals surface area contributed by atoms with Crippen LogP contribution in [0.1, 0.15) is 63.7 Å². The van der Waals surface area contributed by atoms with Gasteiger partial charge in [0.15, 0.2) is 0 Å². The molecule has 0 saturated carbocycles. The molecule has 0 radical (unpaired) electrons. The Labute approximate surface area is 225 Å².